The van der Waals surface area contributed by atoms with E-state index in [0.717, 1.165) is 17.5 Å². The lowest BCUT2D eigenvalue weighted by molar-refractivity contribution is -0.152. The number of aromatic hydroxyl groups is 1. The Kier molecular flexibility index (Phi) is 5.29. The van der Waals surface area contributed by atoms with Crippen molar-refractivity contribution in [3.8, 4) is 5.75 Å². The fourth-order valence-electron chi connectivity index (χ4n) is 4.29. The van der Waals surface area contributed by atoms with Gasteiger partial charge in [-0.2, -0.15) is 0 Å². The largest absolute Gasteiger partial charge is 0.508 e. The molecule has 1 saturated heterocycles. The number of hydrogen-bond acceptors (Lipinski definition) is 3. The van der Waals surface area contributed by atoms with E-state index in [2.05, 4.69) is 24.8 Å². The van der Waals surface area contributed by atoms with Crippen LogP contribution in [0.2, 0.25) is 0 Å². The highest BCUT2D eigenvalue weighted by Crippen LogP contribution is 2.42. The summed E-state index contributed by atoms with van der Waals surface area (Å²) in [5.41, 5.74) is 1.14. The van der Waals surface area contributed by atoms with E-state index in [-0.39, 0.29) is 17.1 Å². The number of nitrogens with zero attached hydrogens (tertiary/aromatic N) is 1. The highest BCUT2D eigenvalue weighted by molar-refractivity contribution is 5.78. The quantitative estimate of drug-likeness (QED) is 0.836. The minimum atomic E-state index is -0.935. The Labute approximate surface area is 161 Å². The van der Waals surface area contributed by atoms with Gasteiger partial charge in [0.05, 0.1) is 0 Å². The molecule has 1 aliphatic heterocycles. The monoisotopic (exact) mass is 367 g/mol. The van der Waals surface area contributed by atoms with Crippen molar-refractivity contribution in [3.63, 3.8) is 0 Å². The van der Waals surface area contributed by atoms with Crippen molar-refractivity contribution in [1.82, 2.24) is 4.90 Å². The number of benzene rings is 2. The topological polar surface area (TPSA) is 60.8 Å². The van der Waals surface area contributed by atoms with Gasteiger partial charge >= 0.3 is 5.97 Å². The minimum Gasteiger partial charge on any atom is -0.508 e. The van der Waals surface area contributed by atoms with Crippen LogP contribution in [-0.2, 0) is 16.6 Å². The number of rotatable bonds is 5. The summed E-state index contributed by atoms with van der Waals surface area (Å²) < 4.78 is 0. The van der Waals surface area contributed by atoms with Gasteiger partial charge in [-0.15, -0.1) is 0 Å². The predicted octanol–water partition coefficient (Wildman–Crippen LogP) is 4.08. The maximum Gasteiger partial charge on any atom is 0.324 e. The number of piperidine rings is 1. The average Bonchev–Trinajstić information content (AvgIpc) is 2.64. The van der Waals surface area contributed by atoms with Crippen LogP contribution in [0.1, 0.15) is 38.3 Å². The first-order valence-corrected chi connectivity index (χ1v) is 9.57. The van der Waals surface area contributed by atoms with E-state index >= 15 is 0 Å². The van der Waals surface area contributed by atoms with Crippen LogP contribution in [0.4, 0.5) is 0 Å². The van der Waals surface area contributed by atoms with Gasteiger partial charge in [0.15, 0.2) is 0 Å². The lowest BCUT2D eigenvalue weighted by Crippen LogP contribution is -2.60. The smallest absolute Gasteiger partial charge is 0.324 e. The molecule has 0 aromatic heterocycles. The van der Waals surface area contributed by atoms with Crippen LogP contribution in [-0.4, -0.2) is 39.7 Å². The zero-order valence-electron chi connectivity index (χ0n) is 16.4. The fourth-order valence-corrected chi connectivity index (χ4v) is 4.29. The number of carboxylic acid groups (broad SMARTS) is 1. The van der Waals surface area contributed by atoms with Crippen LogP contribution in [0.15, 0.2) is 54.6 Å². The SMILES string of the molecule is C[C@H]1CN([C@@](C)(Cc2ccccc2)C(=O)O)CC[C@@]1(C)c1cccc(O)c1. The normalized spacial score (nSPS) is 25.7. The highest BCUT2D eigenvalue weighted by Gasteiger charge is 2.46. The van der Waals surface area contributed by atoms with Gasteiger partial charge in [0.25, 0.3) is 0 Å². The van der Waals surface area contributed by atoms with Crippen LogP contribution in [0.25, 0.3) is 0 Å². The van der Waals surface area contributed by atoms with E-state index < -0.39 is 11.5 Å². The van der Waals surface area contributed by atoms with E-state index in [0.29, 0.717) is 19.5 Å². The lowest BCUT2D eigenvalue weighted by atomic mass is 9.67. The van der Waals surface area contributed by atoms with Gasteiger partial charge in [-0.1, -0.05) is 56.3 Å². The first-order valence-electron chi connectivity index (χ1n) is 9.57. The van der Waals surface area contributed by atoms with Crippen LogP contribution in [0, 0.1) is 5.92 Å². The second-order valence-electron chi connectivity index (χ2n) is 8.31. The molecule has 0 bridgehead atoms. The van der Waals surface area contributed by atoms with Crippen molar-refractivity contribution in [2.24, 2.45) is 5.92 Å². The van der Waals surface area contributed by atoms with E-state index in [1.165, 1.54) is 0 Å². The number of carboxylic acids is 1. The first kappa shape index (κ1) is 19.4. The molecule has 0 amide bonds. The van der Waals surface area contributed by atoms with Crippen LogP contribution >= 0.6 is 0 Å². The Bertz CT molecular complexity index is 806. The Morgan fingerprint density at radius 2 is 1.93 bits per heavy atom. The molecule has 4 heteroatoms. The molecule has 3 rings (SSSR count). The van der Waals surface area contributed by atoms with Gasteiger partial charge in [-0.25, -0.2) is 0 Å². The number of hydrogen-bond donors (Lipinski definition) is 2. The number of aliphatic carboxylic acids is 1. The second-order valence-corrected chi connectivity index (χ2v) is 8.31. The van der Waals surface area contributed by atoms with Crippen LogP contribution < -0.4 is 0 Å². The summed E-state index contributed by atoms with van der Waals surface area (Å²) >= 11 is 0. The number of likely N-dealkylation sites (tertiary alicyclic amines) is 1. The fraction of sp³-hybridized carbons (Fsp3) is 0.435. The molecule has 0 radical (unpaired) electrons. The van der Waals surface area contributed by atoms with E-state index in [4.69, 9.17) is 0 Å². The molecule has 0 aliphatic carbocycles. The second kappa shape index (κ2) is 7.35. The summed E-state index contributed by atoms with van der Waals surface area (Å²) in [6.45, 7) is 7.67. The Hall–Kier alpha value is -2.33. The molecule has 0 unspecified atom stereocenters. The third-order valence-electron chi connectivity index (χ3n) is 6.54. The summed E-state index contributed by atoms with van der Waals surface area (Å²) in [5.74, 6) is -0.232. The van der Waals surface area contributed by atoms with Crippen molar-refractivity contribution in [1.29, 1.82) is 0 Å². The van der Waals surface area contributed by atoms with Crippen molar-refractivity contribution >= 4 is 5.97 Å². The number of phenols is 1. The molecule has 27 heavy (non-hydrogen) atoms. The Morgan fingerprint density at radius 1 is 1.22 bits per heavy atom. The molecule has 1 aliphatic rings. The van der Waals surface area contributed by atoms with Gasteiger partial charge in [0.1, 0.15) is 11.3 Å². The molecule has 2 aromatic carbocycles. The van der Waals surface area contributed by atoms with Gasteiger partial charge in [-0.05, 0) is 47.9 Å². The van der Waals surface area contributed by atoms with E-state index in [9.17, 15) is 15.0 Å². The molecule has 2 aromatic rings. The molecular formula is C23H29NO3. The third kappa shape index (κ3) is 3.72. The van der Waals surface area contributed by atoms with Gasteiger partial charge in [-0.3, -0.25) is 9.69 Å². The van der Waals surface area contributed by atoms with Crippen molar-refractivity contribution in [3.05, 3.63) is 65.7 Å². The summed E-state index contributed by atoms with van der Waals surface area (Å²) in [5, 5.41) is 19.9. The average molecular weight is 367 g/mol. The summed E-state index contributed by atoms with van der Waals surface area (Å²) in [6.07, 6.45) is 1.34. The number of carbonyl (C=O) groups is 1. The van der Waals surface area contributed by atoms with Crippen molar-refractivity contribution in [2.45, 2.75) is 44.6 Å². The zero-order valence-corrected chi connectivity index (χ0v) is 16.4. The van der Waals surface area contributed by atoms with Gasteiger partial charge < -0.3 is 10.2 Å². The molecule has 0 saturated carbocycles. The van der Waals surface area contributed by atoms with Gasteiger partial charge in [0.2, 0.25) is 0 Å². The standard InChI is InChI=1S/C23H29NO3/c1-17-16-24(13-12-22(17,2)19-10-7-11-20(25)14-19)23(3,21(26)27)15-18-8-5-4-6-9-18/h4-11,14,17,25H,12-13,15-16H2,1-3H3,(H,26,27)/t17-,22+,23-/m0/s1. The van der Waals surface area contributed by atoms with Crippen LogP contribution in [0.3, 0.4) is 0 Å². The predicted molar refractivity (Wildman–Crippen MR) is 107 cm³/mol. The van der Waals surface area contributed by atoms with Crippen molar-refractivity contribution in [2.75, 3.05) is 13.1 Å². The van der Waals surface area contributed by atoms with Crippen molar-refractivity contribution < 1.29 is 15.0 Å². The molecule has 144 valence electrons. The maximum atomic E-state index is 12.2. The molecule has 3 atom stereocenters. The molecule has 1 heterocycles. The van der Waals surface area contributed by atoms with Gasteiger partial charge in [0, 0.05) is 19.5 Å². The molecule has 1 fully saturated rings. The first-order chi connectivity index (χ1) is 12.8. The number of phenolic OH excluding ortho intramolecular Hbond substituents is 1. The highest BCUT2D eigenvalue weighted by atomic mass is 16.4. The molecule has 0 spiro atoms. The lowest BCUT2D eigenvalue weighted by Gasteiger charge is -2.50. The maximum absolute atomic E-state index is 12.2. The Balaban J connectivity index is 1.83. The zero-order chi connectivity index (χ0) is 19.7. The summed E-state index contributed by atoms with van der Waals surface area (Å²) in [7, 11) is 0. The summed E-state index contributed by atoms with van der Waals surface area (Å²) in [4.78, 5) is 14.4. The van der Waals surface area contributed by atoms with Crippen LogP contribution in [0.5, 0.6) is 5.75 Å². The molecular weight excluding hydrogens is 338 g/mol. The molecule has 2 N–H and O–H groups in total. The molecule has 4 nitrogen and oxygen atoms in total. The third-order valence-corrected chi connectivity index (χ3v) is 6.54. The van der Waals surface area contributed by atoms with E-state index in [1.54, 1.807) is 6.07 Å². The van der Waals surface area contributed by atoms with E-state index in [1.807, 2.05) is 49.4 Å². The summed E-state index contributed by atoms with van der Waals surface area (Å²) in [6, 6.07) is 17.3. The minimum absolute atomic E-state index is 0.0819. The Morgan fingerprint density at radius 3 is 2.52 bits per heavy atom.